The fraction of sp³-hybridized carbons (Fsp3) is 0.269. The number of rotatable bonds is 9. The average Bonchev–Trinajstić information content (AvgIpc) is 3.26. The van der Waals surface area contributed by atoms with Crippen LogP contribution in [0.3, 0.4) is 0 Å². The number of aldehydes is 1. The van der Waals surface area contributed by atoms with Crippen molar-refractivity contribution in [3.63, 3.8) is 0 Å². The van der Waals surface area contributed by atoms with Crippen LogP contribution in [-0.2, 0) is 16.0 Å². The molecule has 0 spiro atoms. The Balaban J connectivity index is 1.48. The summed E-state index contributed by atoms with van der Waals surface area (Å²) >= 11 is 0. The molecule has 0 bridgehead atoms. The summed E-state index contributed by atoms with van der Waals surface area (Å²) in [7, 11) is 3.24. The molecule has 4 rings (SSSR count). The lowest BCUT2D eigenvalue weighted by Gasteiger charge is -2.28. The van der Waals surface area contributed by atoms with Gasteiger partial charge in [-0.2, -0.15) is 0 Å². The van der Waals surface area contributed by atoms with Crippen LogP contribution < -0.4 is 14.2 Å². The van der Waals surface area contributed by atoms with Crippen molar-refractivity contribution in [2.75, 3.05) is 27.4 Å². The van der Waals surface area contributed by atoms with Gasteiger partial charge in [0.1, 0.15) is 35.5 Å². The first-order valence-corrected chi connectivity index (χ1v) is 10.6. The van der Waals surface area contributed by atoms with Crippen LogP contribution in [0.2, 0.25) is 0 Å². The fourth-order valence-corrected chi connectivity index (χ4v) is 3.94. The van der Waals surface area contributed by atoms with Gasteiger partial charge in [-0.3, -0.25) is 4.90 Å². The molecule has 0 aromatic heterocycles. The first-order chi connectivity index (χ1) is 15.7. The lowest BCUT2D eigenvalue weighted by Crippen LogP contribution is -2.35. The van der Waals surface area contributed by atoms with E-state index in [9.17, 15) is 4.79 Å². The predicted molar refractivity (Wildman–Crippen MR) is 121 cm³/mol. The van der Waals surface area contributed by atoms with E-state index in [1.165, 1.54) is 0 Å². The van der Waals surface area contributed by atoms with Gasteiger partial charge in [-0.1, -0.05) is 36.4 Å². The lowest BCUT2D eigenvalue weighted by atomic mass is 10.1. The number of carbonyl (C=O) groups excluding carboxylic acids is 1. The zero-order valence-electron chi connectivity index (χ0n) is 18.3. The number of ether oxygens (including phenoxy) is 4. The first kappa shape index (κ1) is 21.9. The Morgan fingerprint density at radius 2 is 1.56 bits per heavy atom. The van der Waals surface area contributed by atoms with Gasteiger partial charge in [0, 0.05) is 6.54 Å². The highest BCUT2D eigenvalue weighted by molar-refractivity contribution is 5.59. The van der Waals surface area contributed by atoms with E-state index in [1.807, 2.05) is 72.8 Å². The minimum Gasteiger partial charge on any atom is -0.496 e. The fourth-order valence-electron chi connectivity index (χ4n) is 3.94. The average molecular weight is 434 g/mol. The summed E-state index contributed by atoms with van der Waals surface area (Å²) in [6.45, 7) is 0.980. The minimum atomic E-state index is -0.419. The predicted octanol–water partition coefficient (Wildman–Crippen LogP) is 4.64. The van der Waals surface area contributed by atoms with Gasteiger partial charge in [-0.15, -0.1) is 0 Å². The summed E-state index contributed by atoms with van der Waals surface area (Å²) in [4.78, 5) is 13.8. The van der Waals surface area contributed by atoms with Crippen LogP contribution >= 0.6 is 0 Å². The molecule has 3 aromatic carbocycles. The molecule has 1 fully saturated rings. The van der Waals surface area contributed by atoms with Crippen molar-refractivity contribution in [2.24, 2.45) is 0 Å². The van der Waals surface area contributed by atoms with Crippen LogP contribution in [0.4, 0.5) is 0 Å². The smallest absolute Gasteiger partial charge is 0.144 e. The Morgan fingerprint density at radius 1 is 0.906 bits per heavy atom. The van der Waals surface area contributed by atoms with Crippen LogP contribution in [0.5, 0.6) is 23.0 Å². The van der Waals surface area contributed by atoms with Gasteiger partial charge in [0.2, 0.25) is 0 Å². The van der Waals surface area contributed by atoms with Gasteiger partial charge in [0.05, 0.1) is 32.4 Å². The maximum Gasteiger partial charge on any atom is 0.144 e. The molecule has 2 unspecified atom stereocenters. The maximum absolute atomic E-state index is 11.7. The Labute approximate surface area is 188 Å². The van der Waals surface area contributed by atoms with Gasteiger partial charge in [-0.25, -0.2) is 0 Å². The molecular formula is C26H27NO5. The second-order valence-electron chi connectivity index (χ2n) is 7.51. The standard InChI is InChI=1S/C26H27NO5/c1-29-23-9-6-10-24(30-2)25(23)26-27(20(17-28)18-31-26)16-15-19-11-13-22(14-12-19)32-21-7-4-3-5-8-21/h3-14,17,20,26H,15-16,18H2,1-2H3. The second kappa shape index (κ2) is 10.3. The molecule has 6 nitrogen and oxygen atoms in total. The molecule has 1 heterocycles. The van der Waals surface area contributed by atoms with Crippen LogP contribution in [0.25, 0.3) is 0 Å². The summed E-state index contributed by atoms with van der Waals surface area (Å²) in [5.74, 6) is 2.94. The summed E-state index contributed by atoms with van der Waals surface area (Å²) in [5, 5.41) is 0. The van der Waals surface area contributed by atoms with Crippen LogP contribution in [0.1, 0.15) is 17.4 Å². The van der Waals surface area contributed by atoms with E-state index in [2.05, 4.69) is 4.90 Å². The Kier molecular flexibility index (Phi) is 7.04. The molecule has 6 heteroatoms. The summed E-state index contributed by atoms with van der Waals surface area (Å²) in [6, 6.07) is 23.0. The van der Waals surface area contributed by atoms with E-state index in [0.29, 0.717) is 24.7 Å². The number of hydrogen-bond donors (Lipinski definition) is 0. The molecule has 32 heavy (non-hydrogen) atoms. The van der Waals surface area contributed by atoms with Crippen molar-refractivity contribution in [1.29, 1.82) is 0 Å². The van der Waals surface area contributed by atoms with E-state index in [1.54, 1.807) is 14.2 Å². The van der Waals surface area contributed by atoms with Crippen LogP contribution in [-0.4, -0.2) is 44.6 Å². The topological polar surface area (TPSA) is 57.2 Å². The van der Waals surface area contributed by atoms with E-state index in [0.717, 1.165) is 35.3 Å². The van der Waals surface area contributed by atoms with Gasteiger partial charge >= 0.3 is 0 Å². The zero-order valence-corrected chi connectivity index (χ0v) is 18.3. The highest BCUT2D eigenvalue weighted by Gasteiger charge is 2.38. The first-order valence-electron chi connectivity index (χ1n) is 10.6. The van der Waals surface area contributed by atoms with E-state index >= 15 is 0 Å². The summed E-state index contributed by atoms with van der Waals surface area (Å²) in [5.41, 5.74) is 1.95. The molecule has 1 saturated heterocycles. The Hall–Kier alpha value is -3.35. The molecule has 0 saturated carbocycles. The molecule has 3 aromatic rings. The molecule has 0 amide bonds. The maximum atomic E-state index is 11.7. The number of para-hydroxylation sites is 1. The van der Waals surface area contributed by atoms with Crippen molar-refractivity contribution < 1.29 is 23.7 Å². The quantitative estimate of drug-likeness (QED) is 0.459. The largest absolute Gasteiger partial charge is 0.496 e. The third-order valence-corrected chi connectivity index (χ3v) is 5.58. The van der Waals surface area contributed by atoms with E-state index in [4.69, 9.17) is 18.9 Å². The third-order valence-electron chi connectivity index (χ3n) is 5.58. The summed E-state index contributed by atoms with van der Waals surface area (Å²) in [6.07, 6.45) is 1.28. The summed E-state index contributed by atoms with van der Waals surface area (Å²) < 4.78 is 23.0. The zero-order chi connectivity index (χ0) is 22.3. The number of hydrogen-bond acceptors (Lipinski definition) is 6. The molecule has 0 radical (unpaired) electrons. The molecule has 166 valence electrons. The van der Waals surface area contributed by atoms with E-state index < -0.39 is 6.23 Å². The SMILES string of the molecule is COc1cccc(OC)c1C1OCC(C=O)N1CCc1ccc(Oc2ccccc2)cc1. The van der Waals surface area contributed by atoms with Crippen LogP contribution in [0, 0.1) is 0 Å². The molecule has 1 aliphatic rings. The Bertz CT molecular complexity index is 1000. The lowest BCUT2D eigenvalue weighted by molar-refractivity contribution is -0.111. The van der Waals surface area contributed by atoms with Crippen LogP contribution in [0.15, 0.2) is 72.8 Å². The van der Waals surface area contributed by atoms with Gasteiger partial charge in [0.15, 0.2) is 0 Å². The number of methoxy groups -OCH3 is 2. The minimum absolute atomic E-state index is 0.324. The highest BCUT2D eigenvalue weighted by Crippen LogP contribution is 2.41. The molecule has 2 atom stereocenters. The number of carbonyl (C=O) groups is 1. The van der Waals surface area contributed by atoms with Gasteiger partial charge in [-0.05, 0) is 48.4 Å². The van der Waals surface area contributed by atoms with Crippen molar-refractivity contribution in [2.45, 2.75) is 18.7 Å². The van der Waals surface area contributed by atoms with Crippen molar-refractivity contribution in [3.05, 3.63) is 83.9 Å². The number of benzene rings is 3. The highest BCUT2D eigenvalue weighted by atomic mass is 16.5. The molecular weight excluding hydrogens is 406 g/mol. The van der Waals surface area contributed by atoms with Crippen molar-refractivity contribution in [3.8, 4) is 23.0 Å². The molecule has 0 aliphatic carbocycles. The Morgan fingerprint density at radius 3 is 2.19 bits per heavy atom. The van der Waals surface area contributed by atoms with E-state index in [-0.39, 0.29) is 6.04 Å². The number of nitrogens with zero attached hydrogens (tertiary/aromatic N) is 1. The monoisotopic (exact) mass is 433 g/mol. The third kappa shape index (κ3) is 4.77. The van der Waals surface area contributed by atoms with Crippen molar-refractivity contribution in [1.82, 2.24) is 4.90 Å². The van der Waals surface area contributed by atoms with Crippen molar-refractivity contribution >= 4 is 6.29 Å². The molecule has 1 aliphatic heterocycles. The van der Waals surface area contributed by atoms with Gasteiger partial charge < -0.3 is 23.7 Å². The second-order valence-corrected chi connectivity index (χ2v) is 7.51. The normalized spacial score (nSPS) is 18.3. The molecule has 0 N–H and O–H groups in total. The van der Waals surface area contributed by atoms with Gasteiger partial charge in [0.25, 0.3) is 0 Å².